The summed E-state index contributed by atoms with van der Waals surface area (Å²) in [6.07, 6.45) is 5.49. The third-order valence-corrected chi connectivity index (χ3v) is 7.82. The summed E-state index contributed by atoms with van der Waals surface area (Å²) in [5.41, 5.74) is 0.366. The third-order valence-electron chi connectivity index (χ3n) is 4.37. The Hall–Kier alpha value is -3.35. The van der Waals surface area contributed by atoms with Crippen LogP contribution in [0.15, 0.2) is 68.4 Å². The van der Waals surface area contributed by atoms with Gasteiger partial charge in [-0.15, -0.1) is 0 Å². The topological polar surface area (TPSA) is 132 Å². The second kappa shape index (κ2) is 10.7. The molecule has 0 unspecified atom stereocenters. The summed E-state index contributed by atoms with van der Waals surface area (Å²) in [7, 11) is -2.63. The van der Waals surface area contributed by atoms with Crippen molar-refractivity contribution in [3.63, 3.8) is 0 Å². The molecule has 0 bridgehead atoms. The minimum absolute atomic E-state index is 0.126. The van der Waals surface area contributed by atoms with E-state index in [1.165, 1.54) is 55.4 Å². The fourth-order valence-electron chi connectivity index (χ4n) is 2.75. The number of pyridine rings is 1. The number of sulfonamides is 1. The van der Waals surface area contributed by atoms with Crippen LogP contribution in [0.25, 0.3) is 16.7 Å². The molecule has 2 aromatic heterocycles. The molecule has 0 atom stereocenters. The van der Waals surface area contributed by atoms with E-state index in [1.807, 2.05) is 4.72 Å². The summed E-state index contributed by atoms with van der Waals surface area (Å²) in [5.74, 6) is 0.777. The first-order valence-electron chi connectivity index (χ1n) is 9.70. The predicted octanol–water partition coefficient (Wildman–Crippen LogP) is 3.94. The summed E-state index contributed by atoms with van der Waals surface area (Å²) < 4.78 is 33.3. The lowest BCUT2D eigenvalue weighted by Gasteiger charge is -2.11. The molecule has 0 spiro atoms. The number of halogens is 1. The maximum absolute atomic E-state index is 12.9. The molecule has 3 rings (SSSR count). The van der Waals surface area contributed by atoms with Crippen LogP contribution in [0.3, 0.4) is 0 Å². The zero-order valence-corrected chi connectivity index (χ0v) is 20.7. The molecule has 3 aromatic rings. The molecule has 13 heteroatoms. The summed E-state index contributed by atoms with van der Waals surface area (Å²) in [6.45, 7) is 3.17. The van der Waals surface area contributed by atoms with Crippen LogP contribution in [-0.2, 0) is 10.0 Å². The molecule has 0 radical (unpaired) electrons. The van der Waals surface area contributed by atoms with Crippen LogP contribution in [0.5, 0.6) is 5.75 Å². The van der Waals surface area contributed by atoms with Crippen LogP contribution < -0.4 is 20.3 Å². The molecule has 1 aromatic carbocycles. The number of carbonyl (C=O) groups is 1. The highest BCUT2D eigenvalue weighted by Gasteiger charge is 2.21. The summed E-state index contributed by atoms with van der Waals surface area (Å²) in [6, 6.07) is 6.94. The molecular weight excluding hydrogens is 502 g/mol. The average molecular weight is 522 g/mol. The molecule has 0 saturated carbocycles. The van der Waals surface area contributed by atoms with Gasteiger partial charge in [0.1, 0.15) is 22.1 Å². The van der Waals surface area contributed by atoms with Gasteiger partial charge >= 0.3 is 6.03 Å². The van der Waals surface area contributed by atoms with Crippen molar-refractivity contribution in [3.8, 4) is 11.6 Å². The Labute approximate surface area is 204 Å². The maximum atomic E-state index is 12.9. The van der Waals surface area contributed by atoms with Crippen LogP contribution in [0.1, 0.15) is 13.8 Å². The van der Waals surface area contributed by atoms with Gasteiger partial charge in [0.25, 0.3) is 15.6 Å². The number of carbonyl (C=O) groups excluding carboxylic acids is 1. The van der Waals surface area contributed by atoms with Gasteiger partial charge in [0.05, 0.1) is 34.3 Å². The standard InChI is InChI=1S/C21H20ClN5O5S2/c1-4-17(22)33-19(5-2)34(30,31)26-21(29)25-13-6-9-18(23-11-13)27-12-24-16-8-7-14(32-3)10-15(16)20(27)28/h4-12H,1-3H3,(H2,25,26,29)/b17-4-,19-5+. The lowest BCUT2D eigenvalue weighted by atomic mass is 10.2. The van der Waals surface area contributed by atoms with Crippen molar-refractivity contribution < 1.29 is 17.9 Å². The minimum Gasteiger partial charge on any atom is -0.497 e. The number of hydrogen-bond donors (Lipinski definition) is 2. The summed E-state index contributed by atoms with van der Waals surface area (Å²) in [5, 5.41) is 2.74. The molecule has 0 aliphatic heterocycles. The van der Waals surface area contributed by atoms with Crippen molar-refractivity contribution in [2.75, 3.05) is 12.4 Å². The van der Waals surface area contributed by atoms with Gasteiger partial charge in [0.2, 0.25) is 0 Å². The van der Waals surface area contributed by atoms with Crippen LogP contribution in [0.2, 0.25) is 0 Å². The first kappa shape index (κ1) is 25.3. The molecule has 178 valence electrons. The number of benzene rings is 1. The van der Waals surface area contributed by atoms with Crippen LogP contribution in [-0.4, -0.2) is 36.1 Å². The molecule has 10 nitrogen and oxygen atoms in total. The number of fused-ring (bicyclic) bond motifs is 1. The van der Waals surface area contributed by atoms with E-state index >= 15 is 0 Å². The van der Waals surface area contributed by atoms with E-state index in [9.17, 15) is 18.0 Å². The molecule has 0 aliphatic carbocycles. The number of nitrogens with one attached hydrogen (secondary N) is 2. The van der Waals surface area contributed by atoms with E-state index < -0.39 is 16.1 Å². The highest BCUT2D eigenvalue weighted by Crippen LogP contribution is 2.31. The number of anilines is 1. The monoisotopic (exact) mass is 521 g/mol. The van der Waals surface area contributed by atoms with Gasteiger partial charge in [-0.05, 0) is 44.2 Å². The largest absolute Gasteiger partial charge is 0.497 e. The smallest absolute Gasteiger partial charge is 0.333 e. The number of nitrogens with zero attached hydrogens (tertiary/aromatic N) is 3. The van der Waals surface area contributed by atoms with Gasteiger partial charge in [0, 0.05) is 0 Å². The fourth-order valence-corrected chi connectivity index (χ4v) is 5.10. The predicted molar refractivity (Wildman–Crippen MR) is 134 cm³/mol. The molecule has 34 heavy (non-hydrogen) atoms. The quantitative estimate of drug-likeness (QED) is 0.478. The molecule has 0 saturated heterocycles. The number of ether oxygens (including phenoxy) is 1. The molecule has 0 fully saturated rings. The number of rotatable bonds is 7. The number of aromatic nitrogens is 3. The van der Waals surface area contributed by atoms with Crippen molar-refractivity contribution in [1.29, 1.82) is 0 Å². The van der Waals surface area contributed by atoms with Crippen LogP contribution in [0, 0.1) is 0 Å². The van der Waals surface area contributed by atoms with E-state index in [0.29, 0.717) is 16.7 Å². The molecule has 0 aliphatic rings. The van der Waals surface area contributed by atoms with E-state index in [4.69, 9.17) is 16.3 Å². The first-order valence-corrected chi connectivity index (χ1v) is 12.4. The Kier molecular flexibility index (Phi) is 7.97. The maximum Gasteiger partial charge on any atom is 0.333 e. The lowest BCUT2D eigenvalue weighted by molar-refractivity contribution is 0.256. The Morgan fingerprint density at radius 3 is 2.56 bits per heavy atom. The average Bonchev–Trinajstić information content (AvgIpc) is 2.82. The summed E-state index contributed by atoms with van der Waals surface area (Å²) in [4.78, 5) is 33.5. The second-order valence-corrected chi connectivity index (χ2v) is 10.2. The third kappa shape index (κ3) is 5.76. The van der Waals surface area contributed by atoms with Gasteiger partial charge in [-0.2, -0.15) is 0 Å². The SMILES string of the molecule is C/C=C(/Cl)S/C(=C\C)S(=O)(=O)NC(=O)Nc1ccc(-n2cnc3ccc(OC)cc3c2=O)nc1. The number of methoxy groups -OCH3 is 1. The first-order chi connectivity index (χ1) is 16.2. The van der Waals surface area contributed by atoms with E-state index in [2.05, 4.69) is 15.3 Å². The summed E-state index contributed by atoms with van der Waals surface area (Å²) >= 11 is 6.68. The number of allylic oxidation sites excluding steroid dienone is 2. The van der Waals surface area contributed by atoms with Gasteiger partial charge in [-0.1, -0.05) is 35.5 Å². The molecular formula is C21H20ClN5O5S2. The lowest BCUT2D eigenvalue weighted by Crippen LogP contribution is -2.34. The Bertz CT molecular complexity index is 1450. The zero-order chi connectivity index (χ0) is 24.9. The Morgan fingerprint density at radius 1 is 1.18 bits per heavy atom. The Morgan fingerprint density at radius 2 is 1.94 bits per heavy atom. The van der Waals surface area contributed by atoms with Gasteiger partial charge < -0.3 is 10.1 Å². The van der Waals surface area contributed by atoms with Crippen LogP contribution >= 0.6 is 23.4 Å². The van der Waals surface area contributed by atoms with Gasteiger partial charge in [0.15, 0.2) is 0 Å². The molecule has 2 N–H and O–H groups in total. The number of urea groups is 1. The second-order valence-electron chi connectivity index (χ2n) is 6.57. The highest BCUT2D eigenvalue weighted by atomic mass is 35.5. The van der Waals surface area contributed by atoms with Gasteiger partial charge in [-0.3, -0.25) is 9.36 Å². The molecule has 2 heterocycles. The van der Waals surface area contributed by atoms with Crippen molar-refractivity contribution >= 4 is 56.0 Å². The Balaban J connectivity index is 1.77. The number of amides is 2. The van der Waals surface area contributed by atoms with Gasteiger partial charge in [-0.25, -0.2) is 27.9 Å². The minimum atomic E-state index is -4.13. The number of hydrogen-bond acceptors (Lipinski definition) is 8. The fraction of sp³-hybridized carbons (Fsp3) is 0.143. The zero-order valence-electron chi connectivity index (χ0n) is 18.3. The van der Waals surface area contributed by atoms with E-state index in [0.717, 1.165) is 11.8 Å². The van der Waals surface area contributed by atoms with Crippen molar-refractivity contribution in [3.05, 3.63) is 74.0 Å². The van der Waals surface area contributed by atoms with E-state index in [1.54, 1.807) is 25.1 Å². The van der Waals surface area contributed by atoms with E-state index in [-0.39, 0.29) is 25.7 Å². The highest BCUT2D eigenvalue weighted by molar-refractivity contribution is 8.21. The number of thioether (sulfide) groups is 1. The normalized spacial score (nSPS) is 12.5. The van der Waals surface area contributed by atoms with Crippen molar-refractivity contribution in [2.45, 2.75) is 13.8 Å². The van der Waals surface area contributed by atoms with Crippen molar-refractivity contribution in [2.24, 2.45) is 0 Å². The molecule has 2 amide bonds. The van der Waals surface area contributed by atoms with Crippen molar-refractivity contribution in [1.82, 2.24) is 19.3 Å². The van der Waals surface area contributed by atoms with Crippen LogP contribution in [0.4, 0.5) is 10.5 Å².